The SMILES string of the molecule is Cc1cc(-n2c3ccccc3c3cc4c5ccccc5n5c6ccccc6c(c32)c45)c2oc3ccccc3c2c1-c1nc(-c2ccccc2)nc(-c2ccccc2)n1. The lowest BCUT2D eigenvalue weighted by molar-refractivity contribution is 0.666. The highest BCUT2D eigenvalue weighted by Gasteiger charge is 2.28. The number of aryl methyl sites for hydroxylation is 1. The van der Waals surface area contributed by atoms with E-state index in [1.807, 2.05) is 66.7 Å². The second-order valence-electron chi connectivity index (χ2n) is 15.2. The Hall–Kier alpha value is -7.83. The number of hydrogen-bond acceptors (Lipinski definition) is 4. The second kappa shape index (κ2) is 11.6. The number of benzene rings is 8. The van der Waals surface area contributed by atoms with E-state index in [-0.39, 0.29) is 0 Å². The molecule has 0 saturated heterocycles. The summed E-state index contributed by atoms with van der Waals surface area (Å²) in [5.74, 6) is 1.85. The average molecular weight is 742 g/mol. The number of rotatable bonds is 4. The Morgan fingerprint density at radius 1 is 0.431 bits per heavy atom. The van der Waals surface area contributed by atoms with Crippen molar-refractivity contribution in [3.8, 4) is 39.9 Å². The summed E-state index contributed by atoms with van der Waals surface area (Å²) in [5, 5.41) is 9.38. The summed E-state index contributed by atoms with van der Waals surface area (Å²) in [6, 6.07) is 59.7. The largest absolute Gasteiger partial charge is 0.454 e. The van der Waals surface area contributed by atoms with Gasteiger partial charge in [-0.3, -0.25) is 0 Å². The fraction of sp³-hybridized carbons (Fsp3) is 0.0192. The van der Waals surface area contributed by atoms with Crippen molar-refractivity contribution in [1.29, 1.82) is 0 Å². The summed E-state index contributed by atoms with van der Waals surface area (Å²) in [6.07, 6.45) is 0. The highest BCUT2D eigenvalue weighted by molar-refractivity contribution is 6.34. The van der Waals surface area contributed by atoms with Gasteiger partial charge in [0.25, 0.3) is 0 Å². The quantitative estimate of drug-likeness (QED) is 0.180. The van der Waals surface area contributed by atoms with E-state index < -0.39 is 0 Å². The van der Waals surface area contributed by atoms with Crippen LogP contribution in [-0.2, 0) is 0 Å². The summed E-state index contributed by atoms with van der Waals surface area (Å²) in [5.41, 5.74) is 12.3. The smallest absolute Gasteiger partial charge is 0.165 e. The molecule has 8 aromatic carbocycles. The first-order chi connectivity index (χ1) is 28.7. The molecule has 0 amide bonds. The summed E-state index contributed by atoms with van der Waals surface area (Å²) < 4.78 is 11.9. The summed E-state index contributed by atoms with van der Waals surface area (Å²) >= 11 is 0. The van der Waals surface area contributed by atoms with Crippen LogP contribution in [0.3, 0.4) is 0 Å². The maximum atomic E-state index is 7.05. The standard InChI is InChI=1S/C52H31N5O/c1-30-28-42(57-40-25-13-9-21-34(40)38-29-37-33-20-8-12-24-39(33)56-41-26-14-10-22-35(41)46(47(37)56)48(38)57)49-45(36-23-11-15-27-43(36)58-49)44(30)52-54-50(31-16-4-2-5-17-31)53-51(55-52)32-18-6-3-7-19-32/h2-29H,1H3. The Kier molecular flexibility index (Phi) is 6.28. The van der Waals surface area contributed by atoms with Gasteiger partial charge in [-0.05, 0) is 48.9 Å². The third kappa shape index (κ3) is 4.18. The molecule has 270 valence electrons. The maximum absolute atomic E-state index is 7.05. The molecule has 0 fully saturated rings. The monoisotopic (exact) mass is 741 g/mol. The zero-order valence-corrected chi connectivity index (χ0v) is 31.3. The highest BCUT2D eigenvalue weighted by Crippen LogP contribution is 2.49. The van der Waals surface area contributed by atoms with E-state index in [1.54, 1.807) is 0 Å². The third-order valence-corrected chi connectivity index (χ3v) is 12.0. The van der Waals surface area contributed by atoms with E-state index in [1.165, 1.54) is 48.9 Å². The van der Waals surface area contributed by atoms with Crippen LogP contribution >= 0.6 is 0 Å². The Morgan fingerprint density at radius 2 is 0.948 bits per heavy atom. The van der Waals surface area contributed by atoms with Gasteiger partial charge in [-0.2, -0.15) is 0 Å². The van der Waals surface area contributed by atoms with Crippen molar-refractivity contribution in [2.45, 2.75) is 6.92 Å². The van der Waals surface area contributed by atoms with E-state index in [0.29, 0.717) is 17.5 Å². The molecule has 0 atom stereocenters. The van der Waals surface area contributed by atoms with E-state index in [2.05, 4.69) is 119 Å². The van der Waals surface area contributed by atoms with Gasteiger partial charge in [0.1, 0.15) is 5.58 Å². The molecule has 0 N–H and O–H groups in total. The molecular formula is C52H31N5O. The van der Waals surface area contributed by atoms with Crippen LogP contribution in [0.2, 0.25) is 0 Å². The number of nitrogens with zero attached hydrogens (tertiary/aromatic N) is 5. The van der Waals surface area contributed by atoms with Gasteiger partial charge >= 0.3 is 0 Å². The molecule has 0 spiro atoms. The van der Waals surface area contributed by atoms with E-state index in [9.17, 15) is 0 Å². The van der Waals surface area contributed by atoms with Crippen LogP contribution in [0.1, 0.15) is 5.56 Å². The molecule has 0 bridgehead atoms. The molecule has 0 aliphatic rings. The van der Waals surface area contributed by atoms with Crippen LogP contribution in [0.15, 0.2) is 174 Å². The van der Waals surface area contributed by atoms with E-state index in [0.717, 1.165) is 60.9 Å². The average Bonchev–Trinajstić information content (AvgIpc) is 4.02. The Morgan fingerprint density at radius 3 is 1.64 bits per heavy atom. The number of hydrogen-bond donors (Lipinski definition) is 0. The van der Waals surface area contributed by atoms with Crippen LogP contribution in [0.5, 0.6) is 0 Å². The molecule has 0 saturated carbocycles. The molecule has 6 nitrogen and oxygen atoms in total. The molecule has 5 aromatic heterocycles. The number of para-hydroxylation sites is 4. The maximum Gasteiger partial charge on any atom is 0.165 e. The lowest BCUT2D eigenvalue weighted by Crippen LogP contribution is -2.03. The van der Waals surface area contributed by atoms with Crippen LogP contribution in [-0.4, -0.2) is 23.9 Å². The first kappa shape index (κ1) is 31.4. The molecule has 5 heterocycles. The molecule has 6 heteroatoms. The van der Waals surface area contributed by atoms with Gasteiger partial charge < -0.3 is 13.4 Å². The van der Waals surface area contributed by atoms with Gasteiger partial charge in [0.2, 0.25) is 0 Å². The molecule has 0 aliphatic carbocycles. The normalized spacial score (nSPS) is 12.2. The highest BCUT2D eigenvalue weighted by atomic mass is 16.3. The molecule has 13 aromatic rings. The van der Waals surface area contributed by atoms with Crippen molar-refractivity contribution in [3.05, 3.63) is 175 Å². The van der Waals surface area contributed by atoms with Crippen molar-refractivity contribution in [2.24, 2.45) is 0 Å². The first-order valence-electron chi connectivity index (χ1n) is 19.6. The Balaban J connectivity index is 1.19. The molecule has 0 radical (unpaired) electrons. The Bertz CT molecular complexity index is 3740. The molecule has 58 heavy (non-hydrogen) atoms. The minimum Gasteiger partial charge on any atom is -0.454 e. The minimum absolute atomic E-state index is 0.606. The van der Waals surface area contributed by atoms with Crippen molar-refractivity contribution in [1.82, 2.24) is 23.9 Å². The minimum atomic E-state index is 0.606. The summed E-state index contributed by atoms with van der Waals surface area (Å²) in [7, 11) is 0. The van der Waals surface area contributed by atoms with Gasteiger partial charge in [0, 0.05) is 59.8 Å². The van der Waals surface area contributed by atoms with Crippen LogP contribution in [0.25, 0.3) is 122 Å². The van der Waals surface area contributed by atoms with Crippen LogP contribution < -0.4 is 0 Å². The van der Waals surface area contributed by atoms with Gasteiger partial charge in [0.15, 0.2) is 23.1 Å². The van der Waals surface area contributed by atoms with Gasteiger partial charge in [-0.25, -0.2) is 15.0 Å². The number of aromatic nitrogens is 5. The predicted molar refractivity (Wildman–Crippen MR) is 237 cm³/mol. The van der Waals surface area contributed by atoms with Gasteiger partial charge in [-0.15, -0.1) is 0 Å². The third-order valence-electron chi connectivity index (χ3n) is 12.0. The number of fused-ring (bicyclic) bond motifs is 13. The predicted octanol–water partition coefficient (Wildman–Crippen LogP) is 13.3. The fourth-order valence-corrected chi connectivity index (χ4v) is 9.60. The van der Waals surface area contributed by atoms with Crippen molar-refractivity contribution in [3.63, 3.8) is 0 Å². The van der Waals surface area contributed by atoms with Gasteiger partial charge in [-0.1, -0.05) is 133 Å². The van der Waals surface area contributed by atoms with Crippen LogP contribution in [0.4, 0.5) is 0 Å². The molecule has 0 unspecified atom stereocenters. The van der Waals surface area contributed by atoms with Crippen molar-refractivity contribution >= 4 is 81.8 Å². The first-order valence-corrected chi connectivity index (χ1v) is 19.6. The lowest BCUT2D eigenvalue weighted by atomic mass is 9.98. The Labute approximate surface area is 331 Å². The zero-order valence-electron chi connectivity index (χ0n) is 31.3. The van der Waals surface area contributed by atoms with E-state index >= 15 is 0 Å². The summed E-state index contributed by atoms with van der Waals surface area (Å²) in [6.45, 7) is 2.17. The fourth-order valence-electron chi connectivity index (χ4n) is 9.60. The summed E-state index contributed by atoms with van der Waals surface area (Å²) in [4.78, 5) is 15.5. The second-order valence-corrected chi connectivity index (χ2v) is 15.2. The lowest BCUT2D eigenvalue weighted by Gasteiger charge is -2.15. The van der Waals surface area contributed by atoms with Crippen LogP contribution in [0, 0.1) is 6.92 Å². The number of furan rings is 1. The molecule has 13 rings (SSSR count). The van der Waals surface area contributed by atoms with Crippen molar-refractivity contribution in [2.75, 3.05) is 0 Å². The van der Waals surface area contributed by atoms with Crippen molar-refractivity contribution < 1.29 is 4.42 Å². The topological polar surface area (TPSA) is 61.2 Å². The molecule has 0 aliphatic heterocycles. The zero-order chi connectivity index (χ0) is 38.1. The van der Waals surface area contributed by atoms with Gasteiger partial charge in [0.05, 0.1) is 33.3 Å². The molecular weight excluding hydrogens is 711 g/mol. The van der Waals surface area contributed by atoms with E-state index in [4.69, 9.17) is 19.4 Å².